The Morgan fingerprint density at radius 3 is 2.52 bits per heavy atom. The van der Waals surface area contributed by atoms with Crippen molar-refractivity contribution in [2.75, 3.05) is 13.1 Å². The lowest BCUT2D eigenvalue weighted by atomic mass is 9.96. The van der Waals surface area contributed by atoms with Crippen LogP contribution in [0.3, 0.4) is 0 Å². The topological polar surface area (TPSA) is 83.6 Å². The lowest BCUT2D eigenvalue weighted by Crippen LogP contribution is -2.51. The van der Waals surface area contributed by atoms with E-state index in [0.717, 1.165) is 31.4 Å². The molecule has 2 aliphatic rings. The van der Waals surface area contributed by atoms with Crippen LogP contribution >= 0.6 is 11.3 Å². The lowest BCUT2D eigenvalue weighted by Gasteiger charge is -2.33. The molecule has 1 aromatic carbocycles. The summed E-state index contributed by atoms with van der Waals surface area (Å²) in [4.78, 5) is 31.3. The second-order valence-electron chi connectivity index (χ2n) is 8.32. The van der Waals surface area contributed by atoms with Crippen molar-refractivity contribution in [3.8, 4) is 5.75 Å². The Hall–Kier alpha value is -2.61. The van der Waals surface area contributed by atoms with E-state index in [1.54, 1.807) is 11.6 Å². The molecule has 8 heteroatoms. The van der Waals surface area contributed by atoms with Gasteiger partial charge in [-0.15, -0.1) is 11.3 Å². The van der Waals surface area contributed by atoms with E-state index in [1.165, 1.54) is 30.6 Å². The summed E-state index contributed by atoms with van der Waals surface area (Å²) in [6, 6.07) is 7.65. The molecule has 0 unspecified atom stereocenters. The third-order valence-electron chi connectivity index (χ3n) is 6.01. The average Bonchev–Trinajstić information content (AvgIpc) is 3.32. The van der Waals surface area contributed by atoms with Gasteiger partial charge in [-0.3, -0.25) is 4.79 Å². The second-order valence-corrected chi connectivity index (χ2v) is 9.03. The summed E-state index contributed by atoms with van der Waals surface area (Å²) in [5, 5.41) is 8.14. The van der Waals surface area contributed by atoms with Crippen LogP contribution in [0.4, 0.5) is 4.79 Å². The Labute approximate surface area is 187 Å². The largest absolute Gasteiger partial charge is 0.487 e. The summed E-state index contributed by atoms with van der Waals surface area (Å²) in [7, 11) is 0. The van der Waals surface area contributed by atoms with Gasteiger partial charge in [0.15, 0.2) is 0 Å². The maximum atomic E-state index is 12.9. The highest BCUT2D eigenvalue weighted by atomic mass is 32.1. The molecule has 2 heterocycles. The highest BCUT2D eigenvalue weighted by Crippen LogP contribution is 2.20. The average molecular weight is 443 g/mol. The van der Waals surface area contributed by atoms with Gasteiger partial charge in [0, 0.05) is 36.1 Å². The Bertz CT molecular complexity index is 859. The molecule has 0 radical (unpaired) electrons. The SMILES string of the molecule is O=C(NC1CCCCC1)NC1CCN(C(=O)c2cccc(OCc3cscn3)c2)CC1. The van der Waals surface area contributed by atoms with Gasteiger partial charge < -0.3 is 20.3 Å². The first kappa shape index (κ1) is 21.6. The zero-order valence-electron chi connectivity index (χ0n) is 17.7. The number of piperidine rings is 1. The number of nitrogens with zero attached hydrogens (tertiary/aromatic N) is 2. The second kappa shape index (κ2) is 10.6. The van der Waals surface area contributed by atoms with E-state index >= 15 is 0 Å². The number of likely N-dealkylation sites (tertiary alicyclic amines) is 1. The van der Waals surface area contributed by atoms with Gasteiger partial charge in [-0.25, -0.2) is 9.78 Å². The van der Waals surface area contributed by atoms with Crippen LogP contribution in [0.5, 0.6) is 5.75 Å². The third kappa shape index (κ3) is 6.19. The van der Waals surface area contributed by atoms with Gasteiger partial charge in [-0.2, -0.15) is 0 Å². The molecule has 2 N–H and O–H groups in total. The van der Waals surface area contributed by atoms with Crippen molar-refractivity contribution >= 4 is 23.3 Å². The number of ether oxygens (including phenoxy) is 1. The predicted octanol–water partition coefficient (Wildman–Crippen LogP) is 3.96. The quantitative estimate of drug-likeness (QED) is 0.709. The summed E-state index contributed by atoms with van der Waals surface area (Å²) in [6.07, 6.45) is 7.35. The smallest absolute Gasteiger partial charge is 0.315 e. The van der Waals surface area contributed by atoms with Gasteiger partial charge in [-0.1, -0.05) is 25.3 Å². The maximum absolute atomic E-state index is 12.9. The zero-order chi connectivity index (χ0) is 21.5. The molecule has 4 rings (SSSR count). The van der Waals surface area contributed by atoms with Crippen molar-refractivity contribution in [2.45, 2.75) is 63.6 Å². The van der Waals surface area contributed by atoms with Crippen LogP contribution in [0.2, 0.25) is 0 Å². The third-order valence-corrected chi connectivity index (χ3v) is 6.64. The molecule has 2 aromatic rings. The fraction of sp³-hybridized carbons (Fsp3) is 0.522. The van der Waals surface area contributed by atoms with E-state index in [4.69, 9.17) is 4.74 Å². The van der Waals surface area contributed by atoms with Gasteiger partial charge in [0.05, 0.1) is 11.2 Å². The molecule has 3 amide bonds. The highest BCUT2D eigenvalue weighted by molar-refractivity contribution is 7.07. The van der Waals surface area contributed by atoms with Crippen molar-refractivity contribution in [1.82, 2.24) is 20.5 Å². The number of rotatable bonds is 6. The molecule has 1 aliphatic carbocycles. The summed E-state index contributed by atoms with van der Waals surface area (Å²) >= 11 is 1.53. The molecular weight excluding hydrogens is 412 g/mol. The Balaban J connectivity index is 1.23. The molecule has 1 aromatic heterocycles. The number of benzene rings is 1. The van der Waals surface area contributed by atoms with E-state index in [1.807, 2.05) is 28.5 Å². The number of aromatic nitrogens is 1. The van der Waals surface area contributed by atoms with Crippen LogP contribution in [0, 0.1) is 0 Å². The zero-order valence-corrected chi connectivity index (χ0v) is 18.5. The molecule has 1 saturated carbocycles. The Morgan fingerprint density at radius 1 is 1.06 bits per heavy atom. The number of nitrogens with one attached hydrogen (secondary N) is 2. The summed E-state index contributed by atoms with van der Waals surface area (Å²) in [5.74, 6) is 0.666. The minimum absolute atomic E-state index is 0.00390. The van der Waals surface area contributed by atoms with Gasteiger partial charge >= 0.3 is 6.03 Å². The minimum atomic E-state index is -0.0679. The van der Waals surface area contributed by atoms with Crippen LogP contribution in [0.1, 0.15) is 61.0 Å². The van der Waals surface area contributed by atoms with Crippen LogP contribution in [-0.4, -0.2) is 47.0 Å². The molecule has 166 valence electrons. The molecular formula is C23H30N4O3S. The van der Waals surface area contributed by atoms with E-state index in [-0.39, 0.29) is 18.0 Å². The molecule has 0 spiro atoms. The van der Waals surface area contributed by atoms with Gasteiger partial charge in [0.25, 0.3) is 5.91 Å². The fourth-order valence-electron chi connectivity index (χ4n) is 4.25. The Morgan fingerprint density at radius 2 is 1.81 bits per heavy atom. The van der Waals surface area contributed by atoms with Crippen LogP contribution < -0.4 is 15.4 Å². The van der Waals surface area contributed by atoms with Crippen molar-refractivity contribution in [3.05, 3.63) is 46.4 Å². The van der Waals surface area contributed by atoms with E-state index in [2.05, 4.69) is 15.6 Å². The monoisotopic (exact) mass is 442 g/mol. The number of urea groups is 1. The number of carbonyl (C=O) groups is 2. The van der Waals surface area contributed by atoms with Gasteiger partial charge in [0.2, 0.25) is 0 Å². The molecule has 0 atom stereocenters. The molecule has 1 saturated heterocycles. The maximum Gasteiger partial charge on any atom is 0.315 e. The van der Waals surface area contributed by atoms with Gasteiger partial charge in [-0.05, 0) is 43.9 Å². The Kier molecular flexibility index (Phi) is 7.40. The molecule has 0 bridgehead atoms. The molecule has 1 aliphatic heterocycles. The van der Waals surface area contributed by atoms with Crippen molar-refractivity contribution in [1.29, 1.82) is 0 Å². The van der Waals surface area contributed by atoms with E-state index in [0.29, 0.717) is 37.1 Å². The van der Waals surface area contributed by atoms with Crippen molar-refractivity contribution < 1.29 is 14.3 Å². The standard InChI is InChI=1S/C23H30N4O3S/c28-22(17-5-4-8-21(13-17)30-14-20-15-31-16-24-20)27-11-9-19(10-12-27)26-23(29)25-18-6-2-1-3-7-18/h4-5,8,13,15-16,18-19H,1-3,6-7,9-12,14H2,(H2,25,26,29). The van der Waals surface area contributed by atoms with Crippen LogP contribution in [0.25, 0.3) is 0 Å². The van der Waals surface area contributed by atoms with E-state index < -0.39 is 0 Å². The number of hydrogen-bond donors (Lipinski definition) is 2. The van der Waals surface area contributed by atoms with Crippen molar-refractivity contribution in [3.63, 3.8) is 0 Å². The number of thiazole rings is 1. The van der Waals surface area contributed by atoms with Crippen LogP contribution in [-0.2, 0) is 6.61 Å². The molecule has 7 nitrogen and oxygen atoms in total. The minimum Gasteiger partial charge on any atom is -0.487 e. The fourth-order valence-corrected chi connectivity index (χ4v) is 4.80. The number of amides is 3. The first-order valence-electron chi connectivity index (χ1n) is 11.1. The predicted molar refractivity (Wildman–Crippen MR) is 120 cm³/mol. The van der Waals surface area contributed by atoms with Crippen LogP contribution in [0.15, 0.2) is 35.2 Å². The summed E-state index contributed by atoms with van der Waals surface area (Å²) in [5.41, 5.74) is 3.28. The first-order chi connectivity index (χ1) is 15.2. The lowest BCUT2D eigenvalue weighted by molar-refractivity contribution is 0.0707. The normalized spacial score (nSPS) is 17.9. The molecule has 31 heavy (non-hydrogen) atoms. The summed E-state index contributed by atoms with van der Waals surface area (Å²) < 4.78 is 5.77. The van der Waals surface area contributed by atoms with Gasteiger partial charge in [0.1, 0.15) is 12.4 Å². The summed E-state index contributed by atoms with van der Waals surface area (Å²) in [6.45, 7) is 1.66. The number of carbonyl (C=O) groups excluding carboxylic acids is 2. The molecule has 2 fully saturated rings. The first-order valence-corrected chi connectivity index (χ1v) is 12.1. The van der Waals surface area contributed by atoms with E-state index in [9.17, 15) is 9.59 Å². The van der Waals surface area contributed by atoms with Crippen molar-refractivity contribution in [2.24, 2.45) is 0 Å². The number of hydrogen-bond acceptors (Lipinski definition) is 5. The highest BCUT2D eigenvalue weighted by Gasteiger charge is 2.25.